The van der Waals surface area contributed by atoms with Crippen molar-refractivity contribution in [1.82, 2.24) is 10.3 Å². The average Bonchev–Trinajstić information content (AvgIpc) is 2.87. The number of nitrogens with zero attached hydrogens (tertiary/aromatic N) is 1. The predicted molar refractivity (Wildman–Crippen MR) is 137 cm³/mol. The Bertz CT molecular complexity index is 1210. The van der Waals surface area contributed by atoms with Crippen molar-refractivity contribution < 1.29 is 24.2 Å². The van der Waals surface area contributed by atoms with Crippen LogP contribution in [0.1, 0.15) is 48.0 Å². The molecule has 1 fully saturated rings. The Morgan fingerprint density at radius 2 is 1.72 bits per heavy atom. The lowest BCUT2D eigenvalue weighted by Crippen LogP contribution is -2.55. The third-order valence-electron chi connectivity index (χ3n) is 6.76. The molecule has 36 heavy (non-hydrogen) atoms. The fourth-order valence-corrected chi connectivity index (χ4v) is 5.73. The fraction of sp³-hybridized carbons (Fsp3) is 0.360. The van der Waals surface area contributed by atoms with E-state index in [2.05, 4.69) is 15.6 Å². The van der Waals surface area contributed by atoms with E-state index >= 15 is 0 Å². The number of Topliss-reactive ketones (excluding diaryl/α,β-unsaturated/α-hetero) is 1. The van der Waals surface area contributed by atoms with Gasteiger partial charge in [0.05, 0.1) is 21.0 Å². The molecule has 3 N–H and O–H groups in total. The highest BCUT2D eigenvalue weighted by Gasteiger charge is 2.55. The molecule has 2 heterocycles. The maximum absolute atomic E-state index is 12.6. The minimum Gasteiger partial charge on any atom is -0.480 e. The molecular weight excluding hydrogens is 529 g/mol. The molecule has 4 rings (SSSR count). The summed E-state index contributed by atoms with van der Waals surface area (Å²) in [5.74, 6) is -2.14. The first-order chi connectivity index (χ1) is 17.2. The van der Waals surface area contributed by atoms with Crippen LogP contribution in [0.2, 0.25) is 10.0 Å². The van der Waals surface area contributed by atoms with E-state index in [0.29, 0.717) is 43.9 Å². The van der Waals surface area contributed by atoms with Crippen LogP contribution in [-0.2, 0) is 14.3 Å². The SMILES string of the molecule is CCC(c1ccc(NC(=O)c2c(Cl)cncc2Cl)cc1)[C@H](NC1=C(Cl)C(=O)C12CCOCC2)C(=O)O. The van der Waals surface area contributed by atoms with Crippen LogP contribution in [0.3, 0.4) is 0 Å². The van der Waals surface area contributed by atoms with E-state index in [4.69, 9.17) is 39.5 Å². The summed E-state index contributed by atoms with van der Waals surface area (Å²) in [5, 5.41) is 16.2. The fourth-order valence-electron chi connectivity index (χ4n) is 4.77. The summed E-state index contributed by atoms with van der Waals surface area (Å²) >= 11 is 18.4. The van der Waals surface area contributed by atoms with Gasteiger partial charge in [-0.1, -0.05) is 53.9 Å². The number of amides is 1. The molecule has 2 aromatic rings. The van der Waals surface area contributed by atoms with Crippen LogP contribution in [0.15, 0.2) is 47.4 Å². The molecule has 0 radical (unpaired) electrons. The van der Waals surface area contributed by atoms with Gasteiger partial charge in [-0.2, -0.15) is 0 Å². The molecular formula is C25H24Cl3N3O5. The number of pyridine rings is 1. The molecule has 1 spiro atoms. The number of carboxylic acids is 1. The second-order valence-electron chi connectivity index (χ2n) is 8.74. The average molecular weight is 553 g/mol. The molecule has 0 bridgehead atoms. The van der Waals surface area contributed by atoms with Gasteiger partial charge in [0.25, 0.3) is 5.91 Å². The van der Waals surface area contributed by atoms with Gasteiger partial charge < -0.3 is 20.5 Å². The van der Waals surface area contributed by atoms with Gasteiger partial charge in [0, 0.05) is 42.9 Å². The third-order valence-corrected chi connectivity index (χ3v) is 7.70. The van der Waals surface area contributed by atoms with Crippen molar-refractivity contribution in [1.29, 1.82) is 0 Å². The largest absolute Gasteiger partial charge is 0.480 e. The zero-order valence-electron chi connectivity index (χ0n) is 19.3. The summed E-state index contributed by atoms with van der Waals surface area (Å²) in [4.78, 5) is 41.4. The van der Waals surface area contributed by atoms with Crippen molar-refractivity contribution in [3.05, 3.63) is 68.6 Å². The van der Waals surface area contributed by atoms with E-state index in [1.807, 2.05) is 6.92 Å². The minimum atomic E-state index is -1.06. The number of allylic oxidation sites excluding steroid dienone is 2. The first-order valence-corrected chi connectivity index (χ1v) is 12.6. The van der Waals surface area contributed by atoms with Gasteiger partial charge >= 0.3 is 5.97 Å². The maximum atomic E-state index is 12.6. The van der Waals surface area contributed by atoms with Gasteiger partial charge in [0.1, 0.15) is 11.1 Å². The lowest BCUT2D eigenvalue weighted by molar-refractivity contribution is -0.141. The summed E-state index contributed by atoms with van der Waals surface area (Å²) in [5.41, 5.74) is 1.03. The number of carbonyl (C=O) groups is 3. The number of halogens is 3. The number of rotatable bonds is 8. The number of carboxylic acid groups (broad SMARTS) is 1. The van der Waals surface area contributed by atoms with Gasteiger partial charge in [-0.25, -0.2) is 4.79 Å². The lowest BCUT2D eigenvalue weighted by atomic mass is 9.65. The van der Waals surface area contributed by atoms with Crippen LogP contribution in [0.25, 0.3) is 0 Å². The number of ketones is 1. The van der Waals surface area contributed by atoms with Gasteiger partial charge in [0.2, 0.25) is 0 Å². The Hall–Kier alpha value is -2.65. The van der Waals surface area contributed by atoms with Gasteiger partial charge in [-0.05, 0) is 37.0 Å². The van der Waals surface area contributed by atoms with Gasteiger partial charge in [-0.3, -0.25) is 14.6 Å². The molecule has 190 valence electrons. The van der Waals surface area contributed by atoms with E-state index < -0.39 is 29.3 Å². The second kappa shape index (κ2) is 10.8. The van der Waals surface area contributed by atoms with E-state index in [1.54, 1.807) is 24.3 Å². The summed E-state index contributed by atoms with van der Waals surface area (Å²) in [6.45, 7) is 2.72. The Morgan fingerprint density at radius 3 is 2.28 bits per heavy atom. The standard InChI is InChI=1S/C25H24Cl3N3O5/c1-2-15(20(24(34)35)31-21-19(28)22(32)25(21)7-9-36-10-8-25)13-3-5-14(6-4-13)30-23(33)18-16(26)11-29-12-17(18)27/h3-6,11-12,15,20,31H,2,7-10H2,1H3,(H,30,33)(H,34,35)/t15?,20-/m0/s1. The molecule has 1 saturated heterocycles. The molecule has 8 nitrogen and oxygen atoms in total. The van der Waals surface area contributed by atoms with E-state index in [1.165, 1.54) is 12.4 Å². The molecule has 1 unspecified atom stereocenters. The number of carbonyl (C=O) groups excluding carboxylic acids is 2. The van der Waals surface area contributed by atoms with Crippen LogP contribution >= 0.6 is 34.8 Å². The Labute approximate surface area is 223 Å². The second-order valence-corrected chi connectivity index (χ2v) is 9.93. The Balaban J connectivity index is 1.53. The maximum Gasteiger partial charge on any atom is 0.326 e. The highest BCUT2D eigenvalue weighted by molar-refractivity contribution is 6.47. The molecule has 0 saturated carbocycles. The number of aromatic nitrogens is 1. The summed E-state index contributed by atoms with van der Waals surface area (Å²) < 4.78 is 5.39. The third kappa shape index (κ3) is 4.83. The first kappa shape index (κ1) is 26.4. The normalized spacial score (nSPS) is 18.4. The van der Waals surface area contributed by atoms with Crippen LogP contribution < -0.4 is 10.6 Å². The molecule has 11 heteroatoms. The number of hydrogen-bond donors (Lipinski definition) is 3. The predicted octanol–water partition coefficient (Wildman–Crippen LogP) is 5.01. The number of ether oxygens (including phenoxy) is 1. The van der Waals surface area contributed by atoms with Crippen molar-refractivity contribution in [3.63, 3.8) is 0 Å². The first-order valence-electron chi connectivity index (χ1n) is 11.4. The topological polar surface area (TPSA) is 118 Å². The summed E-state index contributed by atoms with van der Waals surface area (Å²) in [6.07, 6.45) is 4.10. The number of nitrogens with one attached hydrogen (secondary N) is 2. The van der Waals surface area contributed by atoms with Crippen LogP contribution in [-0.4, -0.2) is 47.0 Å². The molecule has 1 aromatic carbocycles. The molecule has 1 aliphatic carbocycles. The Kier molecular flexibility index (Phi) is 7.90. The van der Waals surface area contributed by atoms with Gasteiger partial charge in [-0.15, -0.1) is 0 Å². The van der Waals surface area contributed by atoms with Crippen LogP contribution in [0.5, 0.6) is 0 Å². The number of hydrogen-bond acceptors (Lipinski definition) is 6. The molecule has 1 amide bonds. The molecule has 1 aromatic heterocycles. The van der Waals surface area contributed by atoms with Crippen molar-refractivity contribution in [3.8, 4) is 0 Å². The number of benzene rings is 1. The van der Waals surface area contributed by atoms with Crippen molar-refractivity contribution in [2.75, 3.05) is 18.5 Å². The summed E-state index contributed by atoms with van der Waals surface area (Å²) in [7, 11) is 0. The monoisotopic (exact) mass is 551 g/mol. The van der Waals surface area contributed by atoms with Crippen molar-refractivity contribution >= 4 is 58.1 Å². The zero-order valence-corrected chi connectivity index (χ0v) is 21.6. The van der Waals surface area contributed by atoms with E-state index in [9.17, 15) is 19.5 Å². The minimum absolute atomic E-state index is 0.0597. The Morgan fingerprint density at radius 1 is 1.11 bits per heavy atom. The smallest absolute Gasteiger partial charge is 0.326 e. The van der Waals surface area contributed by atoms with Gasteiger partial charge in [0.15, 0.2) is 5.78 Å². The van der Waals surface area contributed by atoms with Crippen molar-refractivity contribution in [2.45, 2.75) is 38.1 Å². The highest BCUT2D eigenvalue weighted by atomic mass is 35.5. The van der Waals surface area contributed by atoms with E-state index in [0.717, 1.165) is 5.56 Å². The highest BCUT2D eigenvalue weighted by Crippen LogP contribution is 2.50. The van der Waals surface area contributed by atoms with Crippen LogP contribution in [0, 0.1) is 5.41 Å². The van der Waals surface area contributed by atoms with E-state index in [-0.39, 0.29) is 26.4 Å². The lowest BCUT2D eigenvalue weighted by Gasteiger charge is -2.46. The molecule has 1 aliphatic heterocycles. The van der Waals surface area contributed by atoms with Crippen LogP contribution in [0.4, 0.5) is 5.69 Å². The number of anilines is 1. The summed E-state index contributed by atoms with van der Waals surface area (Å²) in [6, 6.07) is 5.85. The zero-order chi connectivity index (χ0) is 26.0. The number of aliphatic carboxylic acids is 1. The van der Waals surface area contributed by atoms with Crippen molar-refractivity contribution in [2.24, 2.45) is 5.41 Å². The molecule has 2 aliphatic rings. The molecule has 2 atom stereocenters. The quantitative estimate of drug-likeness (QED) is 0.421.